The number of ether oxygens (including phenoxy) is 1. The number of furan rings is 1. The SMILES string of the molecule is COc1cccc2cc(C(=O)N3CCN(c4cccc(Cl)c4)CC3)oc12. The van der Waals surface area contributed by atoms with Crippen molar-refractivity contribution in [3.63, 3.8) is 0 Å². The van der Waals surface area contributed by atoms with Gasteiger partial charge in [-0.05, 0) is 30.3 Å². The number of nitrogens with zero attached hydrogens (tertiary/aromatic N) is 2. The van der Waals surface area contributed by atoms with E-state index < -0.39 is 0 Å². The molecule has 26 heavy (non-hydrogen) atoms. The van der Waals surface area contributed by atoms with Crippen LogP contribution < -0.4 is 9.64 Å². The average molecular weight is 371 g/mol. The number of rotatable bonds is 3. The average Bonchev–Trinajstić information content (AvgIpc) is 3.12. The standard InChI is InChI=1S/C20H19ClN2O3/c1-25-17-7-2-4-14-12-18(26-19(14)17)20(24)23-10-8-22(9-11-23)16-6-3-5-15(21)13-16/h2-7,12-13H,8-11H2,1H3. The van der Waals surface area contributed by atoms with Crippen molar-refractivity contribution in [1.29, 1.82) is 0 Å². The fourth-order valence-corrected chi connectivity index (χ4v) is 3.48. The predicted octanol–water partition coefficient (Wildman–Crippen LogP) is 4.06. The molecule has 134 valence electrons. The number of benzene rings is 2. The number of carbonyl (C=O) groups excluding carboxylic acids is 1. The quantitative estimate of drug-likeness (QED) is 0.697. The predicted molar refractivity (Wildman–Crippen MR) is 102 cm³/mol. The number of anilines is 1. The fourth-order valence-electron chi connectivity index (χ4n) is 3.30. The largest absolute Gasteiger partial charge is 0.493 e. The molecule has 0 saturated carbocycles. The molecule has 2 aromatic carbocycles. The van der Waals surface area contributed by atoms with Gasteiger partial charge in [0.25, 0.3) is 5.91 Å². The molecule has 1 aromatic heterocycles. The van der Waals surface area contributed by atoms with Gasteiger partial charge in [-0.1, -0.05) is 29.8 Å². The lowest BCUT2D eigenvalue weighted by atomic mass is 10.2. The summed E-state index contributed by atoms with van der Waals surface area (Å²) in [5, 5.41) is 1.59. The summed E-state index contributed by atoms with van der Waals surface area (Å²) >= 11 is 6.07. The molecular weight excluding hydrogens is 352 g/mol. The summed E-state index contributed by atoms with van der Waals surface area (Å²) in [4.78, 5) is 16.9. The Bertz CT molecular complexity index is 945. The number of methoxy groups -OCH3 is 1. The molecule has 5 nitrogen and oxygen atoms in total. The van der Waals surface area contributed by atoms with Crippen LogP contribution in [-0.2, 0) is 0 Å². The number of carbonyl (C=O) groups is 1. The lowest BCUT2D eigenvalue weighted by Crippen LogP contribution is -2.48. The van der Waals surface area contributed by atoms with Gasteiger partial charge in [-0.2, -0.15) is 0 Å². The molecular formula is C20H19ClN2O3. The van der Waals surface area contributed by atoms with Crippen molar-refractivity contribution >= 4 is 34.2 Å². The maximum Gasteiger partial charge on any atom is 0.289 e. The zero-order valence-electron chi connectivity index (χ0n) is 14.4. The van der Waals surface area contributed by atoms with Crippen LogP contribution in [0.3, 0.4) is 0 Å². The van der Waals surface area contributed by atoms with Gasteiger partial charge in [0.15, 0.2) is 17.1 Å². The van der Waals surface area contributed by atoms with Gasteiger partial charge in [-0.3, -0.25) is 4.79 Å². The Morgan fingerprint density at radius 1 is 1.08 bits per heavy atom. The summed E-state index contributed by atoms with van der Waals surface area (Å²) < 4.78 is 11.1. The molecule has 0 aliphatic carbocycles. The van der Waals surface area contributed by atoms with E-state index in [2.05, 4.69) is 4.90 Å². The molecule has 1 fully saturated rings. The first-order chi connectivity index (χ1) is 12.7. The number of fused-ring (bicyclic) bond motifs is 1. The van der Waals surface area contributed by atoms with Gasteiger partial charge in [0.05, 0.1) is 7.11 Å². The summed E-state index contributed by atoms with van der Waals surface area (Å²) in [5.74, 6) is 0.891. The van der Waals surface area contributed by atoms with Gasteiger partial charge in [-0.15, -0.1) is 0 Å². The smallest absolute Gasteiger partial charge is 0.289 e. The van der Waals surface area contributed by atoms with Gasteiger partial charge >= 0.3 is 0 Å². The minimum absolute atomic E-state index is 0.0889. The summed E-state index contributed by atoms with van der Waals surface area (Å²) in [7, 11) is 1.59. The van der Waals surface area contributed by atoms with E-state index in [4.69, 9.17) is 20.8 Å². The Balaban J connectivity index is 1.48. The van der Waals surface area contributed by atoms with Crippen molar-refractivity contribution in [3.05, 3.63) is 59.3 Å². The van der Waals surface area contributed by atoms with Crippen molar-refractivity contribution < 1.29 is 13.9 Å². The number of hydrogen-bond acceptors (Lipinski definition) is 4. The van der Waals surface area contributed by atoms with Gasteiger partial charge in [0, 0.05) is 42.3 Å². The molecule has 1 aliphatic rings. The minimum atomic E-state index is -0.0889. The maximum absolute atomic E-state index is 12.8. The first-order valence-corrected chi connectivity index (χ1v) is 8.90. The van der Waals surface area contributed by atoms with Crippen LogP contribution in [0.1, 0.15) is 10.6 Å². The second-order valence-corrected chi connectivity index (χ2v) is 6.68. The zero-order valence-corrected chi connectivity index (χ0v) is 15.2. The van der Waals surface area contributed by atoms with Gasteiger partial charge in [0.1, 0.15) is 0 Å². The Hall–Kier alpha value is -2.66. The summed E-state index contributed by atoms with van der Waals surface area (Å²) in [5.41, 5.74) is 1.69. The monoisotopic (exact) mass is 370 g/mol. The van der Waals surface area contributed by atoms with E-state index >= 15 is 0 Å². The molecule has 3 aromatic rings. The van der Waals surface area contributed by atoms with Crippen LogP contribution in [0.4, 0.5) is 5.69 Å². The fraction of sp³-hybridized carbons (Fsp3) is 0.250. The molecule has 6 heteroatoms. The first kappa shape index (κ1) is 16.8. The van der Waals surface area contributed by atoms with Crippen LogP contribution in [0, 0.1) is 0 Å². The highest BCUT2D eigenvalue weighted by Crippen LogP contribution is 2.29. The van der Waals surface area contributed by atoms with Crippen molar-refractivity contribution in [2.24, 2.45) is 0 Å². The summed E-state index contributed by atoms with van der Waals surface area (Å²) in [6.07, 6.45) is 0. The van der Waals surface area contributed by atoms with Crippen LogP contribution in [0.5, 0.6) is 5.75 Å². The molecule has 0 atom stereocenters. The first-order valence-electron chi connectivity index (χ1n) is 8.52. The van der Waals surface area contributed by atoms with Gasteiger partial charge < -0.3 is 19.0 Å². The third kappa shape index (κ3) is 3.10. The third-order valence-corrected chi connectivity index (χ3v) is 4.91. The highest BCUT2D eigenvalue weighted by molar-refractivity contribution is 6.30. The van der Waals surface area contributed by atoms with Crippen LogP contribution in [0.15, 0.2) is 52.9 Å². The van der Waals surface area contributed by atoms with E-state index in [0.29, 0.717) is 30.2 Å². The molecule has 0 bridgehead atoms. The number of para-hydroxylation sites is 1. The van der Waals surface area contributed by atoms with E-state index in [1.807, 2.05) is 47.4 Å². The molecule has 1 amide bonds. The molecule has 0 unspecified atom stereocenters. The molecule has 4 rings (SSSR count). The second kappa shape index (κ2) is 6.92. The van der Waals surface area contributed by atoms with Crippen LogP contribution in [-0.4, -0.2) is 44.1 Å². The third-order valence-electron chi connectivity index (χ3n) is 4.68. The van der Waals surface area contributed by atoms with E-state index in [9.17, 15) is 4.79 Å². The Morgan fingerprint density at radius 3 is 2.58 bits per heavy atom. The van der Waals surface area contributed by atoms with Crippen LogP contribution >= 0.6 is 11.6 Å². The van der Waals surface area contributed by atoms with E-state index in [1.54, 1.807) is 13.2 Å². The summed E-state index contributed by atoms with van der Waals surface area (Å²) in [6.45, 7) is 2.80. The van der Waals surface area contributed by atoms with Gasteiger partial charge in [-0.25, -0.2) is 0 Å². The van der Waals surface area contributed by atoms with Crippen molar-refractivity contribution in [2.45, 2.75) is 0 Å². The maximum atomic E-state index is 12.8. The minimum Gasteiger partial charge on any atom is -0.493 e. The highest BCUT2D eigenvalue weighted by atomic mass is 35.5. The topological polar surface area (TPSA) is 45.9 Å². The molecule has 0 spiro atoms. The van der Waals surface area contributed by atoms with E-state index in [-0.39, 0.29) is 5.91 Å². The van der Waals surface area contributed by atoms with Gasteiger partial charge in [0.2, 0.25) is 0 Å². The molecule has 0 radical (unpaired) electrons. The Morgan fingerprint density at radius 2 is 1.85 bits per heavy atom. The van der Waals surface area contributed by atoms with Crippen LogP contribution in [0.25, 0.3) is 11.0 Å². The molecule has 1 saturated heterocycles. The number of amides is 1. The second-order valence-electron chi connectivity index (χ2n) is 6.25. The highest BCUT2D eigenvalue weighted by Gasteiger charge is 2.25. The number of piperazine rings is 1. The van der Waals surface area contributed by atoms with Crippen molar-refractivity contribution in [3.8, 4) is 5.75 Å². The normalized spacial score (nSPS) is 14.7. The summed E-state index contributed by atoms with van der Waals surface area (Å²) in [6, 6.07) is 15.2. The van der Waals surface area contributed by atoms with Crippen molar-refractivity contribution in [1.82, 2.24) is 4.90 Å². The molecule has 2 heterocycles. The zero-order chi connectivity index (χ0) is 18.1. The van der Waals surface area contributed by atoms with E-state index in [1.165, 1.54) is 0 Å². The Kier molecular flexibility index (Phi) is 4.47. The van der Waals surface area contributed by atoms with E-state index in [0.717, 1.165) is 29.2 Å². The Labute approximate surface area is 156 Å². The van der Waals surface area contributed by atoms with Crippen LogP contribution in [0.2, 0.25) is 5.02 Å². The number of hydrogen-bond donors (Lipinski definition) is 0. The lowest BCUT2D eigenvalue weighted by Gasteiger charge is -2.35. The number of halogens is 1. The lowest BCUT2D eigenvalue weighted by molar-refractivity contribution is 0.0717. The van der Waals surface area contributed by atoms with Crippen molar-refractivity contribution in [2.75, 3.05) is 38.2 Å². The molecule has 1 aliphatic heterocycles. The molecule has 0 N–H and O–H groups in total.